The van der Waals surface area contributed by atoms with Crippen LogP contribution in [0.15, 0.2) is 48.5 Å². The highest BCUT2D eigenvalue weighted by Gasteiger charge is 2.30. The maximum absolute atomic E-state index is 13.1. The van der Waals surface area contributed by atoms with Gasteiger partial charge in [0.1, 0.15) is 5.69 Å². The first kappa shape index (κ1) is 20.9. The van der Waals surface area contributed by atoms with E-state index >= 15 is 0 Å². The molecular formula is C20H15F5N2OS. The number of benzene rings is 2. The predicted octanol–water partition coefficient (Wildman–Crippen LogP) is 6.26. The van der Waals surface area contributed by atoms with Crippen molar-refractivity contribution in [2.45, 2.75) is 25.9 Å². The van der Waals surface area contributed by atoms with Gasteiger partial charge in [-0.15, -0.1) is 11.3 Å². The molecule has 152 valence electrons. The van der Waals surface area contributed by atoms with Crippen molar-refractivity contribution in [1.29, 1.82) is 0 Å². The number of thiazole rings is 1. The summed E-state index contributed by atoms with van der Waals surface area (Å²) in [4.78, 5) is 16.4. The van der Waals surface area contributed by atoms with Crippen LogP contribution in [0.4, 0.5) is 27.6 Å². The van der Waals surface area contributed by atoms with Crippen LogP contribution in [0.5, 0.6) is 0 Å². The Morgan fingerprint density at radius 1 is 1.10 bits per heavy atom. The summed E-state index contributed by atoms with van der Waals surface area (Å²) >= 11 is 1.03. The molecule has 0 bridgehead atoms. The number of rotatable bonds is 5. The first-order chi connectivity index (χ1) is 13.6. The van der Waals surface area contributed by atoms with Gasteiger partial charge in [0.25, 0.3) is 6.43 Å². The highest BCUT2D eigenvalue weighted by molar-refractivity contribution is 7.11. The number of nitrogens with zero attached hydrogens (tertiary/aromatic N) is 1. The molecule has 0 atom stereocenters. The van der Waals surface area contributed by atoms with Crippen LogP contribution in [-0.4, -0.2) is 10.9 Å². The topological polar surface area (TPSA) is 42.0 Å². The largest absolute Gasteiger partial charge is 0.416 e. The van der Waals surface area contributed by atoms with Crippen LogP contribution in [0.25, 0.3) is 11.1 Å². The second-order valence-corrected chi connectivity index (χ2v) is 7.48. The molecule has 0 saturated carbocycles. The van der Waals surface area contributed by atoms with Gasteiger partial charge in [-0.2, -0.15) is 13.2 Å². The Bertz CT molecular complexity index is 1010. The van der Waals surface area contributed by atoms with Crippen molar-refractivity contribution in [1.82, 2.24) is 4.98 Å². The molecule has 0 aliphatic heterocycles. The highest BCUT2D eigenvalue weighted by atomic mass is 32.1. The number of carbonyl (C=O) groups excluding carboxylic acids is 1. The summed E-state index contributed by atoms with van der Waals surface area (Å²) in [6.45, 7) is 1.58. The second kappa shape index (κ2) is 8.28. The number of carbonyl (C=O) groups is 1. The number of alkyl halides is 5. The van der Waals surface area contributed by atoms with Crippen molar-refractivity contribution < 1.29 is 26.7 Å². The van der Waals surface area contributed by atoms with Crippen molar-refractivity contribution in [3.05, 3.63) is 69.7 Å². The molecule has 0 fully saturated rings. The van der Waals surface area contributed by atoms with E-state index < -0.39 is 29.8 Å². The Hall–Kier alpha value is -2.81. The minimum Gasteiger partial charge on any atom is -0.325 e. The van der Waals surface area contributed by atoms with E-state index in [0.717, 1.165) is 23.5 Å². The summed E-state index contributed by atoms with van der Waals surface area (Å²) in [6, 6.07) is 11.1. The number of nitrogens with one attached hydrogen (secondary N) is 1. The van der Waals surface area contributed by atoms with Crippen LogP contribution < -0.4 is 5.32 Å². The first-order valence-corrected chi connectivity index (χ1v) is 9.27. The molecule has 0 aliphatic rings. The Balaban J connectivity index is 1.82. The van der Waals surface area contributed by atoms with Gasteiger partial charge in [0.05, 0.1) is 17.0 Å². The summed E-state index contributed by atoms with van der Waals surface area (Å²) in [7, 11) is 0. The van der Waals surface area contributed by atoms with E-state index in [1.807, 2.05) is 0 Å². The third kappa shape index (κ3) is 4.97. The lowest BCUT2D eigenvalue weighted by Crippen LogP contribution is -2.15. The van der Waals surface area contributed by atoms with Gasteiger partial charge in [-0.25, -0.2) is 13.8 Å². The number of aromatic nitrogens is 1. The number of hydrogen-bond acceptors (Lipinski definition) is 3. The molecule has 29 heavy (non-hydrogen) atoms. The minimum absolute atomic E-state index is 0.182. The molecule has 3 aromatic rings. The van der Waals surface area contributed by atoms with Gasteiger partial charge in [0.2, 0.25) is 5.91 Å². The molecular weight excluding hydrogens is 411 g/mol. The van der Waals surface area contributed by atoms with Crippen molar-refractivity contribution in [3.63, 3.8) is 0 Å². The predicted molar refractivity (Wildman–Crippen MR) is 101 cm³/mol. The standard InChI is InChI=1S/C20H15F5N2OS/c1-11-26-18(19(21)22)16(29-11)10-17(28)27-15-5-3-2-4-14(15)12-6-8-13(9-7-12)20(23,24)25/h2-9,19H,10H2,1H3,(H,27,28). The van der Waals surface area contributed by atoms with Gasteiger partial charge < -0.3 is 5.32 Å². The number of amides is 1. The third-order valence-electron chi connectivity index (χ3n) is 4.09. The maximum atomic E-state index is 13.1. The van der Waals surface area contributed by atoms with E-state index in [0.29, 0.717) is 21.8 Å². The van der Waals surface area contributed by atoms with Gasteiger partial charge in [-0.05, 0) is 30.7 Å². The van der Waals surface area contributed by atoms with Gasteiger partial charge >= 0.3 is 6.18 Å². The second-order valence-electron chi connectivity index (χ2n) is 6.19. The quantitative estimate of drug-likeness (QED) is 0.490. The van der Waals surface area contributed by atoms with Gasteiger partial charge in [-0.1, -0.05) is 30.3 Å². The molecule has 0 radical (unpaired) electrons. The fourth-order valence-electron chi connectivity index (χ4n) is 2.81. The average molecular weight is 426 g/mol. The molecule has 3 nitrogen and oxygen atoms in total. The molecule has 2 aromatic carbocycles. The lowest BCUT2D eigenvalue weighted by atomic mass is 10.0. The van der Waals surface area contributed by atoms with Crippen LogP contribution >= 0.6 is 11.3 Å². The van der Waals surface area contributed by atoms with E-state index in [1.54, 1.807) is 31.2 Å². The number of halogens is 5. The number of hydrogen-bond donors (Lipinski definition) is 1. The molecule has 0 saturated heterocycles. The fourth-order valence-corrected chi connectivity index (χ4v) is 3.75. The monoisotopic (exact) mass is 426 g/mol. The smallest absolute Gasteiger partial charge is 0.325 e. The van der Waals surface area contributed by atoms with Crippen molar-refractivity contribution in [2.24, 2.45) is 0 Å². The lowest BCUT2D eigenvalue weighted by Gasteiger charge is -2.12. The van der Waals surface area contributed by atoms with Crippen LogP contribution in [-0.2, 0) is 17.4 Å². The number of aryl methyl sites for hydroxylation is 1. The SMILES string of the molecule is Cc1nc(C(F)F)c(CC(=O)Nc2ccccc2-c2ccc(C(F)(F)F)cc2)s1. The van der Waals surface area contributed by atoms with E-state index in [1.165, 1.54) is 12.1 Å². The van der Waals surface area contributed by atoms with Gasteiger partial charge in [-0.3, -0.25) is 4.79 Å². The van der Waals surface area contributed by atoms with E-state index in [2.05, 4.69) is 10.3 Å². The van der Waals surface area contributed by atoms with Gasteiger partial charge in [0, 0.05) is 16.1 Å². The lowest BCUT2D eigenvalue weighted by molar-refractivity contribution is -0.137. The molecule has 0 aliphatic carbocycles. The molecule has 1 heterocycles. The van der Waals surface area contributed by atoms with Crippen molar-refractivity contribution in [2.75, 3.05) is 5.32 Å². The maximum Gasteiger partial charge on any atom is 0.416 e. The van der Waals surface area contributed by atoms with Gasteiger partial charge in [0.15, 0.2) is 0 Å². The molecule has 1 N–H and O–H groups in total. The van der Waals surface area contributed by atoms with Crippen LogP contribution in [0.1, 0.15) is 27.6 Å². The zero-order chi connectivity index (χ0) is 21.2. The van der Waals surface area contributed by atoms with E-state index in [4.69, 9.17) is 0 Å². The van der Waals surface area contributed by atoms with E-state index in [-0.39, 0.29) is 11.3 Å². The van der Waals surface area contributed by atoms with Crippen LogP contribution in [0.2, 0.25) is 0 Å². The Morgan fingerprint density at radius 2 is 1.76 bits per heavy atom. The molecule has 0 spiro atoms. The minimum atomic E-state index is -4.44. The molecule has 1 aromatic heterocycles. The molecule has 3 rings (SSSR count). The van der Waals surface area contributed by atoms with Crippen molar-refractivity contribution >= 4 is 22.9 Å². The Morgan fingerprint density at radius 3 is 2.38 bits per heavy atom. The zero-order valence-corrected chi connectivity index (χ0v) is 15.9. The molecule has 9 heteroatoms. The summed E-state index contributed by atoms with van der Waals surface area (Å²) in [6.07, 6.45) is -7.49. The first-order valence-electron chi connectivity index (χ1n) is 8.46. The van der Waals surface area contributed by atoms with Crippen LogP contribution in [0, 0.1) is 6.92 Å². The summed E-state index contributed by atoms with van der Waals surface area (Å²) in [5, 5.41) is 3.09. The van der Waals surface area contributed by atoms with Crippen molar-refractivity contribution in [3.8, 4) is 11.1 Å². The number of anilines is 1. The highest BCUT2D eigenvalue weighted by Crippen LogP contribution is 2.33. The Labute approximate surface area is 167 Å². The normalized spacial score (nSPS) is 11.7. The molecule has 0 unspecified atom stereocenters. The third-order valence-corrected chi connectivity index (χ3v) is 5.07. The molecule has 1 amide bonds. The number of para-hydroxylation sites is 1. The summed E-state index contributed by atoms with van der Waals surface area (Å²) in [5.74, 6) is -0.519. The fraction of sp³-hybridized carbons (Fsp3) is 0.200. The summed E-state index contributed by atoms with van der Waals surface area (Å²) < 4.78 is 64.4. The summed E-state index contributed by atoms with van der Waals surface area (Å²) in [5.41, 5.74) is 0.193. The zero-order valence-electron chi connectivity index (χ0n) is 15.1. The average Bonchev–Trinajstić information content (AvgIpc) is 3.02. The van der Waals surface area contributed by atoms with Crippen LogP contribution in [0.3, 0.4) is 0 Å². The van der Waals surface area contributed by atoms with E-state index in [9.17, 15) is 26.7 Å². The Kier molecular flexibility index (Phi) is 5.97.